The molecule has 6 heteroatoms. The molecular weight excluding hydrogens is 379 g/mol. The van der Waals surface area contributed by atoms with Crippen LogP contribution in [0, 0.1) is 12.7 Å². The second-order valence-corrected chi connectivity index (χ2v) is 7.67. The van der Waals surface area contributed by atoms with E-state index in [0.29, 0.717) is 17.3 Å². The number of hydrogen-bond donors (Lipinski definition) is 2. The van der Waals surface area contributed by atoms with Crippen LogP contribution in [0.2, 0.25) is 0 Å². The molecule has 0 radical (unpaired) electrons. The number of carbonyl (C=O) groups excluding carboxylic acids is 1. The van der Waals surface area contributed by atoms with Crippen molar-refractivity contribution in [2.24, 2.45) is 0 Å². The van der Waals surface area contributed by atoms with Crippen molar-refractivity contribution in [3.63, 3.8) is 0 Å². The number of aryl methyl sites for hydroxylation is 1. The van der Waals surface area contributed by atoms with E-state index in [9.17, 15) is 9.18 Å². The molecule has 30 heavy (non-hydrogen) atoms. The Hall–Kier alpha value is -3.25. The van der Waals surface area contributed by atoms with Crippen LogP contribution in [0.4, 0.5) is 15.9 Å². The number of pyridine rings is 1. The summed E-state index contributed by atoms with van der Waals surface area (Å²) in [5, 5.41) is 6.30. The van der Waals surface area contributed by atoms with Crippen molar-refractivity contribution in [2.75, 3.05) is 23.3 Å². The summed E-state index contributed by atoms with van der Waals surface area (Å²) in [6, 6.07) is 18.4. The minimum atomic E-state index is -0.388. The average molecular weight is 404 g/mol. The van der Waals surface area contributed by atoms with Crippen LogP contribution in [-0.4, -0.2) is 30.0 Å². The third kappa shape index (κ3) is 5.02. The number of rotatable bonds is 6. The van der Waals surface area contributed by atoms with Gasteiger partial charge in [0.05, 0.1) is 5.56 Å². The predicted octanol–water partition coefficient (Wildman–Crippen LogP) is 4.15. The number of amides is 1. The first-order valence-corrected chi connectivity index (χ1v) is 10.1. The topological polar surface area (TPSA) is 57.3 Å². The van der Waals surface area contributed by atoms with Gasteiger partial charge in [-0.15, -0.1) is 0 Å². The fourth-order valence-corrected chi connectivity index (χ4v) is 3.58. The zero-order valence-electron chi connectivity index (χ0n) is 16.9. The van der Waals surface area contributed by atoms with Crippen molar-refractivity contribution < 1.29 is 9.18 Å². The highest BCUT2D eigenvalue weighted by atomic mass is 19.1. The maximum absolute atomic E-state index is 13.3. The first-order chi connectivity index (χ1) is 14.6. The number of halogens is 1. The number of benzene rings is 2. The summed E-state index contributed by atoms with van der Waals surface area (Å²) < 4.78 is 13.3. The van der Waals surface area contributed by atoms with Gasteiger partial charge < -0.3 is 15.5 Å². The maximum Gasteiger partial charge on any atom is 0.257 e. The van der Waals surface area contributed by atoms with Gasteiger partial charge in [0.15, 0.2) is 0 Å². The van der Waals surface area contributed by atoms with E-state index in [1.807, 2.05) is 6.07 Å². The van der Waals surface area contributed by atoms with Crippen LogP contribution < -0.4 is 15.5 Å². The molecule has 154 valence electrons. The van der Waals surface area contributed by atoms with Crippen molar-refractivity contribution in [1.82, 2.24) is 10.3 Å². The molecule has 0 bridgehead atoms. The summed E-state index contributed by atoms with van der Waals surface area (Å²) in [6.07, 6.45) is 2.62. The summed E-state index contributed by atoms with van der Waals surface area (Å²) in [5.41, 5.74) is 3.41. The molecule has 2 N–H and O–H groups in total. The lowest BCUT2D eigenvalue weighted by Crippen LogP contribution is -2.32. The Labute approximate surface area is 176 Å². The van der Waals surface area contributed by atoms with Crippen molar-refractivity contribution in [2.45, 2.75) is 25.9 Å². The largest absolute Gasteiger partial charge is 0.355 e. The van der Waals surface area contributed by atoms with Crippen molar-refractivity contribution in [1.29, 1.82) is 0 Å². The molecule has 1 amide bonds. The van der Waals surface area contributed by atoms with Gasteiger partial charge in [-0.2, -0.15) is 0 Å². The van der Waals surface area contributed by atoms with E-state index in [1.165, 1.54) is 23.3 Å². The Morgan fingerprint density at radius 2 is 2.00 bits per heavy atom. The zero-order valence-corrected chi connectivity index (χ0v) is 16.9. The van der Waals surface area contributed by atoms with Gasteiger partial charge in [-0.05, 0) is 49.2 Å². The van der Waals surface area contributed by atoms with E-state index < -0.39 is 0 Å². The van der Waals surface area contributed by atoms with Crippen LogP contribution in [0.15, 0.2) is 66.9 Å². The van der Waals surface area contributed by atoms with Crippen LogP contribution in [0.25, 0.3) is 0 Å². The maximum atomic E-state index is 13.3. The number of hydrogen-bond acceptors (Lipinski definition) is 4. The Morgan fingerprint density at radius 1 is 1.17 bits per heavy atom. The van der Waals surface area contributed by atoms with E-state index >= 15 is 0 Å². The molecule has 2 aromatic carbocycles. The van der Waals surface area contributed by atoms with E-state index in [-0.39, 0.29) is 11.7 Å². The number of nitrogens with one attached hydrogen (secondary N) is 2. The molecule has 0 unspecified atom stereocenters. The van der Waals surface area contributed by atoms with Crippen LogP contribution in [0.1, 0.15) is 27.9 Å². The zero-order chi connectivity index (χ0) is 20.9. The molecule has 0 aliphatic carbocycles. The first kappa shape index (κ1) is 20.0. The normalized spacial score (nSPS) is 15.9. The molecule has 5 nitrogen and oxygen atoms in total. The Bertz CT molecular complexity index is 1000. The second-order valence-electron chi connectivity index (χ2n) is 7.67. The summed E-state index contributed by atoms with van der Waals surface area (Å²) in [4.78, 5) is 19.0. The van der Waals surface area contributed by atoms with E-state index in [0.717, 1.165) is 31.9 Å². The number of aromatic nitrogens is 1. The summed E-state index contributed by atoms with van der Waals surface area (Å²) in [7, 11) is 0. The lowest BCUT2D eigenvalue weighted by Gasteiger charge is -2.18. The molecule has 2 heterocycles. The van der Waals surface area contributed by atoms with Gasteiger partial charge in [-0.25, -0.2) is 9.37 Å². The standard InChI is InChI=1S/C24H25FN4O/c1-17-5-7-18(8-6-17)14-26-22-11-12-29(16-22)23-10-9-19(15-27-23)24(30)28-21-4-2-3-20(25)13-21/h2-10,13,15,22,26H,11-12,14,16H2,1H3,(H,28,30)/t22-/m1/s1. The Morgan fingerprint density at radius 3 is 2.73 bits per heavy atom. The SMILES string of the molecule is Cc1ccc(CN[C@@H]2CCN(c3ccc(C(=O)Nc4cccc(F)c4)cn3)C2)cc1. The summed E-state index contributed by atoms with van der Waals surface area (Å²) >= 11 is 0. The fourth-order valence-electron chi connectivity index (χ4n) is 3.58. The molecule has 1 aromatic heterocycles. The highest BCUT2D eigenvalue weighted by Crippen LogP contribution is 2.19. The van der Waals surface area contributed by atoms with E-state index in [4.69, 9.17) is 0 Å². The molecule has 4 rings (SSSR count). The van der Waals surface area contributed by atoms with Crippen LogP contribution in [0.3, 0.4) is 0 Å². The third-order valence-corrected chi connectivity index (χ3v) is 5.32. The molecule has 0 spiro atoms. The minimum Gasteiger partial charge on any atom is -0.355 e. The lowest BCUT2D eigenvalue weighted by atomic mass is 10.1. The molecular formula is C24H25FN4O. The fraction of sp³-hybridized carbons (Fsp3) is 0.250. The van der Waals surface area contributed by atoms with Crippen molar-refractivity contribution >= 4 is 17.4 Å². The minimum absolute atomic E-state index is 0.307. The molecule has 1 atom stereocenters. The number of nitrogens with zero attached hydrogens (tertiary/aromatic N) is 2. The van der Waals surface area contributed by atoms with Gasteiger partial charge in [0.25, 0.3) is 5.91 Å². The summed E-state index contributed by atoms with van der Waals surface area (Å²) in [5.74, 6) is 0.163. The van der Waals surface area contributed by atoms with Gasteiger partial charge in [-0.1, -0.05) is 35.9 Å². The predicted molar refractivity (Wildman–Crippen MR) is 117 cm³/mol. The van der Waals surface area contributed by atoms with Gasteiger partial charge in [0.1, 0.15) is 11.6 Å². The van der Waals surface area contributed by atoms with Gasteiger partial charge >= 0.3 is 0 Å². The summed E-state index contributed by atoms with van der Waals surface area (Å²) in [6.45, 7) is 4.75. The quantitative estimate of drug-likeness (QED) is 0.648. The highest BCUT2D eigenvalue weighted by molar-refractivity contribution is 6.04. The smallest absolute Gasteiger partial charge is 0.257 e. The molecule has 0 saturated carbocycles. The highest BCUT2D eigenvalue weighted by Gasteiger charge is 2.23. The monoisotopic (exact) mass is 404 g/mol. The molecule has 1 aliphatic heterocycles. The van der Waals surface area contributed by atoms with Crippen LogP contribution in [0.5, 0.6) is 0 Å². The molecule has 1 fully saturated rings. The molecule has 1 saturated heterocycles. The lowest BCUT2D eigenvalue weighted by molar-refractivity contribution is 0.102. The van der Waals surface area contributed by atoms with Crippen LogP contribution in [-0.2, 0) is 6.54 Å². The van der Waals surface area contributed by atoms with Gasteiger partial charge in [0.2, 0.25) is 0 Å². The van der Waals surface area contributed by atoms with E-state index in [1.54, 1.807) is 24.4 Å². The van der Waals surface area contributed by atoms with Crippen molar-refractivity contribution in [3.05, 3.63) is 89.4 Å². The number of carbonyl (C=O) groups is 1. The van der Waals surface area contributed by atoms with Gasteiger partial charge in [0, 0.05) is 37.6 Å². The van der Waals surface area contributed by atoms with Crippen LogP contribution >= 0.6 is 0 Å². The van der Waals surface area contributed by atoms with Gasteiger partial charge in [-0.3, -0.25) is 4.79 Å². The third-order valence-electron chi connectivity index (χ3n) is 5.32. The first-order valence-electron chi connectivity index (χ1n) is 10.1. The Balaban J connectivity index is 1.30. The van der Waals surface area contributed by atoms with Crippen molar-refractivity contribution in [3.8, 4) is 0 Å². The number of anilines is 2. The molecule has 1 aliphatic rings. The Kier molecular flexibility index (Phi) is 6.05. The average Bonchev–Trinajstić information content (AvgIpc) is 3.22. The second kappa shape index (κ2) is 9.05. The van der Waals surface area contributed by atoms with E-state index in [2.05, 4.69) is 51.7 Å². The molecule has 3 aromatic rings.